The Hall–Kier alpha value is -1.83. The van der Waals surface area contributed by atoms with Gasteiger partial charge < -0.3 is 4.74 Å². The van der Waals surface area contributed by atoms with Crippen molar-refractivity contribution in [2.45, 2.75) is 77.6 Å². The van der Waals surface area contributed by atoms with E-state index in [1.807, 2.05) is 18.2 Å². The van der Waals surface area contributed by atoms with Crippen LogP contribution in [-0.2, 0) is 9.53 Å². The van der Waals surface area contributed by atoms with E-state index < -0.39 is 0 Å². The van der Waals surface area contributed by atoms with Gasteiger partial charge in [0.15, 0.2) is 0 Å². The van der Waals surface area contributed by atoms with Crippen molar-refractivity contribution in [2.24, 2.45) is 0 Å². The van der Waals surface area contributed by atoms with E-state index in [1.54, 1.807) is 0 Å². The Kier molecular flexibility index (Phi) is 13.2. The van der Waals surface area contributed by atoms with E-state index in [0.717, 1.165) is 19.3 Å². The molecule has 1 atom stereocenters. The first-order valence-electron chi connectivity index (χ1n) is 10.2. The first kappa shape index (κ1) is 22.2. The van der Waals surface area contributed by atoms with Crippen molar-refractivity contribution in [1.82, 2.24) is 0 Å². The van der Waals surface area contributed by atoms with Crippen LogP contribution in [0.15, 0.2) is 54.6 Å². The van der Waals surface area contributed by atoms with Crippen molar-refractivity contribution in [3.63, 3.8) is 0 Å². The summed E-state index contributed by atoms with van der Waals surface area (Å²) in [5.41, 5.74) is 1.19. The molecule has 2 nitrogen and oxygen atoms in total. The maximum atomic E-state index is 11.9. The summed E-state index contributed by atoms with van der Waals surface area (Å²) < 4.78 is 5.33. The number of carbonyl (C=O) groups is 1. The van der Waals surface area contributed by atoms with Crippen LogP contribution in [0, 0.1) is 0 Å². The minimum Gasteiger partial charge on any atom is -0.465 e. The van der Waals surface area contributed by atoms with E-state index in [9.17, 15) is 4.79 Å². The molecule has 144 valence electrons. The minimum absolute atomic E-state index is 0.105. The molecule has 0 aliphatic heterocycles. The number of hydrogen-bond donors (Lipinski definition) is 0. The van der Waals surface area contributed by atoms with Crippen molar-refractivity contribution >= 4 is 5.97 Å². The fourth-order valence-corrected chi connectivity index (χ4v) is 2.85. The van der Waals surface area contributed by atoms with E-state index in [4.69, 9.17) is 4.74 Å². The molecule has 1 rings (SSSR count). The average molecular weight is 357 g/mol. The van der Waals surface area contributed by atoms with E-state index in [1.165, 1.54) is 37.7 Å². The van der Waals surface area contributed by atoms with Crippen molar-refractivity contribution in [2.75, 3.05) is 6.61 Å². The Morgan fingerprint density at radius 3 is 2.19 bits per heavy atom. The first-order valence-corrected chi connectivity index (χ1v) is 10.2. The summed E-state index contributed by atoms with van der Waals surface area (Å²) in [6, 6.07) is 10.1. The maximum absolute atomic E-state index is 11.9. The second-order valence-electron chi connectivity index (χ2n) is 6.87. The Bertz CT molecular complexity index is 516. The molecule has 0 spiro atoms. The largest absolute Gasteiger partial charge is 0.465 e. The summed E-state index contributed by atoms with van der Waals surface area (Å²) in [5.74, 6) is 0.101. The summed E-state index contributed by atoms with van der Waals surface area (Å²) in [5, 5.41) is 0. The fourth-order valence-electron chi connectivity index (χ4n) is 2.85. The summed E-state index contributed by atoms with van der Waals surface area (Å²) >= 11 is 0. The molecule has 0 aliphatic rings. The van der Waals surface area contributed by atoms with E-state index in [-0.39, 0.29) is 11.9 Å². The summed E-state index contributed by atoms with van der Waals surface area (Å²) in [7, 11) is 0. The van der Waals surface area contributed by atoms with Crippen LogP contribution in [0.2, 0.25) is 0 Å². The van der Waals surface area contributed by atoms with Gasteiger partial charge in [-0.15, -0.1) is 0 Å². The number of allylic oxidation sites excluding steroid dienone is 3. The highest BCUT2D eigenvalue weighted by molar-refractivity contribution is 5.70. The molecule has 0 aromatic heterocycles. The Morgan fingerprint density at radius 1 is 0.923 bits per heavy atom. The molecule has 1 aromatic rings. The first-order chi connectivity index (χ1) is 12.7. The molecular weight excluding hydrogens is 320 g/mol. The molecule has 0 radical (unpaired) electrons. The highest BCUT2D eigenvalue weighted by Gasteiger charge is 2.11. The van der Waals surface area contributed by atoms with Crippen LogP contribution in [0.25, 0.3) is 0 Å². The van der Waals surface area contributed by atoms with Gasteiger partial charge in [-0.05, 0) is 50.0 Å². The lowest BCUT2D eigenvalue weighted by atomic mass is 9.98. The third-order valence-electron chi connectivity index (χ3n) is 4.45. The van der Waals surface area contributed by atoms with E-state index in [2.05, 4.69) is 50.3 Å². The van der Waals surface area contributed by atoms with Gasteiger partial charge in [0.2, 0.25) is 0 Å². The Morgan fingerprint density at radius 2 is 1.54 bits per heavy atom. The predicted molar refractivity (Wildman–Crippen MR) is 111 cm³/mol. The number of esters is 1. The van der Waals surface area contributed by atoms with Gasteiger partial charge in [0.1, 0.15) is 0 Å². The van der Waals surface area contributed by atoms with Crippen LogP contribution in [0.5, 0.6) is 0 Å². The third-order valence-corrected chi connectivity index (χ3v) is 4.45. The van der Waals surface area contributed by atoms with E-state index >= 15 is 0 Å². The molecule has 0 bridgehead atoms. The van der Waals surface area contributed by atoms with Crippen LogP contribution in [-0.4, -0.2) is 12.6 Å². The molecular formula is C24H36O2. The molecule has 2 heteroatoms. The molecule has 0 heterocycles. The van der Waals surface area contributed by atoms with Gasteiger partial charge in [-0.25, -0.2) is 0 Å². The van der Waals surface area contributed by atoms with Gasteiger partial charge in [-0.1, -0.05) is 81.3 Å². The van der Waals surface area contributed by atoms with Crippen molar-refractivity contribution in [3.8, 4) is 0 Å². The Labute approximate surface area is 160 Å². The van der Waals surface area contributed by atoms with Gasteiger partial charge in [0, 0.05) is 0 Å². The van der Waals surface area contributed by atoms with Gasteiger partial charge >= 0.3 is 5.97 Å². The molecule has 0 fully saturated rings. The van der Waals surface area contributed by atoms with Crippen LogP contribution in [0.3, 0.4) is 0 Å². The maximum Gasteiger partial charge on any atom is 0.306 e. The second kappa shape index (κ2) is 15.4. The van der Waals surface area contributed by atoms with Crippen LogP contribution < -0.4 is 0 Å². The normalized spacial score (nSPS) is 12.7. The molecule has 0 N–H and O–H groups in total. The highest BCUT2D eigenvalue weighted by Crippen LogP contribution is 2.18. The zero-order valence-corrected chi connectivity index (χ0v) is 16.7. The summed E-state index contributed by atoms with van der Waals surface area (Å²) in [4.78, 5) is 11.9. The Balaban J connectivity index is 1.96. The number of benzene rings is 1. The standard InChI is InChI=1S/C24H36O2/c1-3-4-5-6-7-8-9-10-11-12-13-17-20-26-24(25)21-22(2)23-18-15-14-16-19-23/h4-5,12-16,18-19,22H,3,6-11,17,20-21H2,1-2H3/b5-4+,13-12+. The molecule has 0 saturated heterocycles. The fraction of sp³-hybridized carbons (Fsp3) is 0.542. The molecule has 0 aliphatic carbocycles. The van der Waals surface area contributed by atoms with Crippen LogP contribution in [0.4, 0.5) is 0 Å². The minimum atomic E-state index is -0.105. The number of rotatable bonds is 14. The quantitative estimate of drug-likeness (QED) is 0.204. The van der Waals surface area contributed by atoms with Crippen LogP contribution in [0.1, 0.15) is 83.1 Å². The second-order valence-corrected chi connectivity index (χ2v) is 6.87. The van der Waals surface area contributed by atoms with Crippen molar-refractivity contribution in [3.05, 3.63) is 60.2 Å². The highest BCUT2D eigenvalue weighted by atomic mass is 16.5. The molecule has 0 saturated carbocycles. The lowest BCUT2D eigenvalue weighted by molar-refractivity contribution is -0.143. The van der Waals surface area contributed by atoms with E-state index in [0.29, 0.717) is 13.0 Å². The van der Waals surface area contributed by atoms with Crippen molar-refractivity contribution < 1.29 is 9.53 Å². The molecule has 1 unspecified atom stereocenters. The van der Waals surface area contributed by atoms with Crippen LogP contribution >= 0.6 is 0 Å². The summed E-state index contributed by atoms with van der Waals surface area (Å²) in [6.45, 7) is 4.73. The third kappa shape index (κ3) is 11.7. The molecule has 1 aromatic carbocycles. The summed E-state index contributed by atoms with van der Waals surface area (Å²) in [6.07, 6.45) is 18.8. The van der Waals surface area contributed by atoms with Crippen molar-refractivity contribution in [1.29, 1.82) is 0 Å². The monoisotopic (exact) mass is 356 g/mol. The SMILES string of the molecule is CC/C=C/CCCCCC/C=C/CCOC(=O)CC(C)c1ccccc1. The predicted octanol–water partition coefficient (Wildman–Crippen LogP) is 6.98. The lowest BCUT2D eigenvalue weighted by Gasteiger charge is -2.11. The zero-order valence-electron chi connectivity index (χ0n) is 16.7. The number of hydrogen-bond acceptors (Lipinski definition) is 2. The number of unbranched alkanes of at least 4 members (excludes halogenated alkanes) is 5. The van der Waals surface area contributed by atoms with Gasteiger partial charge in [0.05, 0.1) is 13.0 Å². The van der Waals surface area contributed by atoms with Gasteiger partial charge in [-0.3, -0.25) is 4.79 Å². The topological polar surface area (TPSA) is 26.3 Å². The average Bonchev–Trinajstić information content (AvgIpc) is 2.66. The van der Waals surface area contributed by atoms with Gasteiger partial charge in [-0.2, -0.15) is 0 Å². The molecule has 26 heavy (non-hydrogen) atoms. The lowest BCUT2D eigenvalue weighted by Crippen LogP contribution is -2.09. The zero-order chi connectivity index (χ0) is 18.9. The number of carbonyl (C=O) groups excluding carboxylic acids is 1. The van der Waals surface area contributed by atoms with Gasteiger partial charge in [0.25, 0.3) is 0 Å². The number of ether oxygens (including phenoxy) is 1. The molecule has 0 amide bonds. The smallest absolute Gasteiger partial charge is 0.306 e.